The van der Waals surface area contributed by atoms with E-state index >= 15 is 0 Å². The van der Waals surface area contributed by atoms with Gasteiger partial charge in [0.1, 0.15) is 6.54 Å². The van der Waals surface area contributed by atoms with E-state index in [-0.39, 0.29) is 24.3 Å². The Kier molecular flexibility index (Phi) is 5.32. The molecule has 0 radical (unpaired) electrons. The summed E-state index contributed by atoms with van der Waals surface area (Å²) in [6.45, 7) is 4.85. The van der Waals surface area contributed by atoms with Gasteiger partial charge in [0.15, 0.2) is 0 Å². The van der Waals surface area contributed by atoms with Gasteiger partial charge in [0.05, 0.1) is 11.3 Å². The van der Waals surface area contributed by atoms with Crippen molar-refractivity contribution in [2.75, 3.05) is 34.8 Å². The Morgan fingerprint density at radius 3 is 2.26 bits per heavy atom. The molecule has 7 nitrogen and oxygen atoms in total. The van der Waals surface area contributed by atoms with Crippen LogP contribution in [0.1, 0.15) is 29.8 Å². The van der Waals surface area contributed by atoms with Crippen molar-refractivity contribution in [3.8, 4) is 0 Å². The van der Waals surface area contributed by atoms with Gasteiger partial charge in [-0.05, 0) is 44.2 Å². The Labute approximate surface area is 198 Å². The molecule has 2 heterocycles. The van der Waals surface area contributed by atoms with Crippen molar-refractivity contribution < 1.29 is 14.4 Å². The lowest BCUT2D eigenvalue weighted by atomic mass is 9.92. The standard InChI is InChI=1S/C27H26N4O3/c1-3-29(4-2)24(32)18-30-23-17-11-9-15-21(23)27(26(30)34)28-22-16-10-8-14-20(22)25(33)31(27)19-12-6-5-7-13-19/h5-17,28H,3-4,18H2,1-2H3/t27-/m0/s1. The molecule has 0 saturated carbocycles. The number of hydrogen-bond donors (Lipinski definition) is 1. The monoisotopic (exact) mass is 454 g/mol. The summed E-state index contributed by atoms with van der Waals surface area (Å²) in [6.07, 6.45) is 0. The number of carbonyl (C=O) groups excluding carboxylic acids is 3. The van der Waals surface area contributed by atoms with Crippen molar-refractivity contribution in [1.82, 2.24) is 4.90 Å². The molecule has 0 fully saturated rings. The van der Waals surface area contributed by atoms with Crippen molar-refractivity contribution in [3.63, 3.8) is 0 Å². The first-order valence-electron chi connectivity index (χ1n) is 11.5. The molecule has 0 bridgehead atoms. The van der Waals surface area contributed by atoms with E-state index in [2.05, 4.69) is 5.32 Å². The average Bonchev–Trinajstić information content (AvgIpc) is 3.09. The van der Waals surface area contributed by atoms with Gasteiger partial charge in [-0.3, -0.25) is 24.2 Å². The minimum atomic E-state index is -1.51. The number of nitrogens with one attached hydrogen (secondary N) is 1. The number of hydrogen-bond acceptors (Lipinski definition) is 4. The lowest BCUT2D eigenvalue weighted by molar-refractivity contribution is -0.131. The molecule has 7 heteroatoms. The second-order valence-electron chi connectivity index (χ2n) is 8.33. The lowest BCUT2D eigenvalue weighted by Crippen LogP contribution is -2.63. The molecule has 0 aromatic heterocycles. The first-order chi connectivity index (χ1) is 16.5. The molecule has 3 amide bonds. The predicted octanol–water partition coefficient (Wildman–Crippen LogP) is 3.83. The van der Waals surface area contributed by atoms with Crippen LogP contribution < -0.4 is 15.1 Å². The van der Waals surface area contributed by atoms with Crippen LogP contribution in [0, 0.1) is 0 Å². The molecule has 1 atom stereocenters. The molecule has 3 aromatic carbocycles. The van der Waals surface area contributed by atoms with E-state index < -0.39 is 5.66 Å². The smallest absolute Gasteiger partial charge is 0.279 e. The molecule has 1 N–H and O–H groups in total. The maximum atomic E-state index is 14.3. The zero-order chi connectivity index (χ0) is 23.9. The summed E-state index contributed by atoms with van der Waals surface area (Å²) < 4.78 is 0. The highest BCUT2D eigenvalue weighted by atomic mass is 16.2. The van der Waals surface area contributed by atoms with E-state index in [1.54, 1.807) is 23.1 Å². The van der Waals surface area contributed by atoms with Gasteiger partial charge in [0.2, 0.25) is 11.6 Å². The van der Waals surface area contributed by atoms with E-state index in [9.17, 15) is 14.4 Å². The number of likely N-dealkylation sites (N-methyl/N-ethyl adjacent to an activating group) is 1. The van der Waals surface area contributed by atoms with Crippen LogP contribution in [-0.2, 0) is 15.3 Å². The molecular formula is C27H26N4O3. The SMILES string of the molecule is CCN(CC)C(=O)CN1C(=O)[C@]2(Nc3ccccc3C(=O)N2c2ccccc2)c2ccccc21. The Morgan fingerprint density at radius 1 is 0.882 bits per heavy atom. The minimum absolute atomic E-state index is 0.0978. The second-order valence-corrected chi connectivity index (χ2v) is 8.33. The predicted molar refractivity (Wildman–Crippen MR) is 132 cm³/mol. The highest BCUT2D eigenvalue weighted by molar-refractivity contribution is 6.23. The topological polar surface area (TPSA) is 73.0 Å². The van der Waals surface area contributed by atoms with Crippen LogP contribution in [0.3, 0.4) is 0 Å². The van der Waals surface area contributed by atoms with Gasteiger partial charge in [-0.25, -0.2) is 0 Å². The number of benzene rings is 3. The van der Waals surface area contributed by atoms with E-state index in [0.29, 0.717) is 41.3 Å². The van der Waals surface area contributed by atoms with Gasteiger partial charge in [-0.2, -0.15) is 0 Å². The third-order valence-corrected chi connectivity index (χ3v) is 6.57. The van der Waals surface area contributed by atoms with Crippen molar-refractivity contribution in [3.05, 3.63) is 90.0 Å². The van der Waals surface area contributed by atoms with Gasteiger partial charge in [-0.15, -0.1) is 0 Å². The molecule has 34 heavy (non-hydrogen) atoms. The molecule has 172 valence electrons. The molecule has 2 aliphatic heterocycles. The number of anilines is 3. The van der Waals surface area contributed by atoms with Crippen molar-refractivity contribution in [2.45, 2.75) is 19.5 Å². The van der Waals surface area contributed by atoms with E-state index in [4.69, 9.17) is 0 Å². The molecule has 1 spiro atoms. The molecule has 5 rings (SSSR count). The fourth-order valence-corrected chi connectivity index (χ4v) is 4.93. The van der Waals surface area contributed by atoms with Crippen molar-refractivity contribution in [1.29, 1.82) is 0 Å². The van der Waals surface area contributed by atoms with Gasteiger partial charge >= 0.3 is 0 Å². The number of amides is 3. The Bertz CT molecular complexity index is 1270. The van der Waals surface area contributed by atoms with Crippen molar-refractivity contribution >= 4 is 34.8 Å². The fraction of sp³-hybridized carbons (Fsp3) is 0.222. The van der Waals surface area contributed by atoms with E-state index in [0.717, 1.165) is 0 Å². The van der Waals surface area contributed by atoms with Crippen LogP contribution in [0.25, 0.3) is 0 Å². The quantitative estimate of drug-likeness (QED) is 0.636. The summed E-state index contributed by atoms with van der Waals surface area (Å²) >= 11 is 0. The van der Waals surface area contributed by atoms with E-state index in [1.807, 2.05) is 74.5 Å². The largest absolute Gasteiger partial charge is 0.350 e. The van der Waals surface area contributed by atoms with Crippen LogP contribution in [0.4, 0.5) is 17.1 Å². The molecule has 0 unspecified atom stereocenters. The van der Waals surface area contributed by atoms with Crippen molar-refractivity contribution in [2.24, 2.45) is 0 Å². The molecule has 3 aromatic rings. The zero-order valence-electron chi connectivity index (χ0n) is 19.2. The first-order valence-corrected chi connectivity index (χ1v) is 11.5. The van der Waals surface area contributed by atoms with Crippen LogP contribution >= 0.6 is 0 Å². The normalized spacial score (nSPS) is 18.5. The number of para-hydroxylation sites is 3. The summed E-state index contributed by atoms with van der Waals surface area (Å²) in [4.78, 5) is 46.0. The number of carbonyl (C=O) groups is 3. The Hall–Kier alpha value is -4.13. The van der Waals surface area contributed by atoms with Crippen LogP contribution in [0.15, 0.2) is 78.9 Å². The van der Waals surface area contributed by atoms with Crippen LogP contribution in [0.2, 0.25) is 0 Å². The molecular weight excluding hydrogens is 428 g/mol. The highest BCUT2D eigenvalue weighted by Crippen LogP contribution is 2.49. The minimum Gasteiger partial charge on any atom is -0.350 e. The van der Waals surface area contributed by atoms with Gasteiger partial charge in [0.25, 0.3) is 11.8 Å². The Morgan fingerprint density at radius 2 is 1.53 bits per heavy atom. The summed E-state index contributed by atoms with van der Waals surface area (Å²) in [5.74, 6) is -0.777. The first kappa shape index (κ1) is 21.7. The number of fused-ring (bicyclic) bond motifs is 3. The zero-order valence-corrected chi connectivity index (χ0v) is 19.2. The maximum absolute atomic E-state index is 14.3. The third kappa shape index (κ3) is 3.08. The number of rotatable bonds is 5. The summed E-state index contributed by atoms with van der Waals surface area (Å²) in [5, 5.41) is 3.41. The third-order valence-electron chi connectivity index (χ3n) is 6.57. The van der Waals surface area contributed by atoms with E-state index in [1.165, 1.54) is 9.80 Å². The Balaban J connectivity index is 1.71. The second kappa shape index (κ2) is 8.33. The van der Waals surface area contributed by atoms with Gasteiger partial charge in [-0.1, -0.05) is 48.5 Å². The highest BCUT2D eigenvalue weighted by Gasteiger charge is 2.59. The average molecular weight is 455 g/mol. The summed E-state index contributed by atoms with van der Waals surface area (Å²) in [5.41, 5.74) is 1.41. The van der Waals surface area contributed by atoms with Gasteiger partial charge < -0.3 is 10.2 Å². The van der Waals surface area contributed by atoms with Crippen LogP contribution in [0.5, 0.6) is 0 Å². The molecule has 0 aliphatic carbocycles. The fourth-order valence-electron chi connectivity index (χ4n) is 4.93. The van der Waals surface area contributed by atoms with Crippen LogP contribution in [-0.4, -0.2) is 42.3 Å². The summed E-state index contributed by atoms with van der Waals surface area (Å²) in [7, 11) is 0. The molecule has 0 saturated heterocycles. The van der Waals surface area contributed by atoms with Gasteiger partial charge in [0, 0.05) is 30.0 Å². The summed E-state index contributed by atoms with van der Waals surface area (Å²) in [6, 6.07) is 23.7. The number of nitrogens with zero attached hydrogens (tertiary/aromatic N) is 3. The maximum Gasteiger partial charge on any atom is 0.279 e. The lowest BCUT2D eigenvalue weighted by Gasteiger charge is -2.45. The molecule has 2 aliphatic rings.